The Morgan fingerprint density at radius 1 is 1.62 bits per heavy atom. The molecule has 0 aliphatic heterocycles. The molecule has 2 heterocycles. The van der Waals surface area contributed by atoms with Gasteiger partial charge in [-0.2, -0.15) is 16.4 Å². The molecule has 2 rings (SSSR count). The lowest BCUT2D eigenvalue weighted by Gasteiger charge is -2.06. The van der Waals surface area contributed by atoms with Crippen molar-refractivity contribution in [3.63, 3.8) is 0 Å². The highest BCUT2D eigenvalue weighted by atomic mass is 32.1. The third kappa shape index (κ3) is 1.43. The van der Waals surface area contributed by atoms with Gasteiger partial charge >= 0.3 is 0 Å². The lowest BCUT2D eigenvalue weighted by Crippen LogP contribution is -2.00. The summed E-state index contributed by atoms with van der Waals surface area (Å²) >= 11 is 1.54. The minimum Gasteiger partial charge on any atom is -0.384 e. The maximum Gasteiger partial charge on any atom is 0.125 e. The molecule has 68 valence electrons. The second-order valence-corrected chi connectivity index (χ2v) is 3.48. The average molecular weight is 195 g/mol. The Balaban J connectivity index is 2.33. The summed E-state index contributed by atoms with van der Waals surface area (Å²) in [6.07, 6.45) is 0.863. The SMILES string of the molecule is Nc1[nH]ncc1C(O)c1ccsc1. The Morgan fingerprint density at radius 3 is 3.00 bits per heavy atom. The third-order valence-electron chi connectivity index (χ3n) is 1.85. The number of aliphatic hydroxyl groups is 1. The molecule has 0 amide bonds. The molecule has 2 aromatic rings. The van der Waals surface area contributed by atoms with E-state index in [0.717, 1.165) is 5.56 Å². The Bertz CT molecular complexity index is 382. The van der Waals surface area contributed by atoms with Crippen molar-refractivity contribution in [2.75, 3.05) is 5.73 Å². The smallest absolute Gasteiger partial charge is 0.125 e. The maximum absolute atomic E-state index is 9.82. The van der Waals surface area contributed by atoms with Gasteiger partial charge in [0.15, 0.2) is 0 Å². The van der Waals surface area contributed by atoms with Gasteiger partial charge in [0.2, 0.25) is 0 Å². The van der Waals surface area contributed by atoms with Gasteiger partial charge in [-0.25, -0.2) is 0 Å². The van der Waals surface area contributed by atoms with Crippen LogP contribution in [0.25, 0.3) is 0 Å². The van der Waals surface area contributed by atoms with E-state index < -0.39 is 6.10 Å². The third-order valence-corrected chi connectivity index (χ3v) is 2.55. The molecule has 0 aliphatic rings. The number of nitrogens with zero attached hydrogens (tertiary/aromatic N) is 1. The number of aliphatic hydroxyl groups excluding tert-OH is 1. The van der Waals surface area contributed by atoms with Crippen LogP contribution in [0.4, 0.5) is 5.82 Å². The fraction of sp³-hybridized carbons (Fsp3) is 0.125. The van der Waals surface area contributed by atoms with E-state index >= 15 is 0 Å². The topological polar surface area (TPSA) is 74.9 Å². The van der Waals surface area contributed by atoms with Gasteiger partial charge in [0.25, 0.3) is 0 Å². The van der Waals surface area contributed by atoms with Crippen molar-refractivity contribution < 1.29 is 5.11 Å². The first-order valence-electron chi connectivity index (χ1n) is 3.78. The predicted molar refractivity (Wildman–Crippen MR) is 51.4 cm³/mol. The van der Waals surface area contributed by atoms with Gasteiger partial charge in [-0.1, -0.05) is 0 Å². The van der Waals surface area contributed by atoms with Crippen LogP contribution in [0.1, 0.15) is 17.2 Å². The number of hydrogen-bond donors (Lipinski definition) is 3. The van der Waals surface area contributed by atoms with Crippen LogP contribution in [-0.2, 0) is 0 Å². The normalized spacial score (nSPS) is 13.0. The predicted octanol–water partition coefficient (Wildman–Crippen LogP) is 1.14. The lowest BCUT2D eigenvalue weighted by atomic mass is 10.1. The van der Waals surface area contributed by atoms with E-state index in [-0.39, 0.29) is 0 Å². The fourth-order valence-electron chi connectivity index (χ4n) is 1.13. The molecule has 0 bridgehead atoms. The first kappa shape index (κ1) is 8.28. The van der Waals surface area contributed by atoms with Crippen molar-refractivity contribution in [1.82, 2.24) is 10.2 Å². The van der Waals surface area contributed by atoms with Gasteiger partial charge in [-0.3, -0.25) is 5.10 Å². The maximum atomic E-state index is 9.82. The second kappa shape index (κ2) is 3.20. The van der Waals surface area contributed by atoms with Crippen LogP contribution in [0, 0.1) is 0 Å². The van der Waals surface area contributed by atoms with Crippen molar-refractivity contribution in [3.05, 3.63) is 34.2 Å². The molecule has 4 N–H and O–H groups in total. The molecule has 1 unspecified atom stereocenters. The molecule has 5 heteroatoms. The largest absolute Gasteiger partial charge is 0.384 e. The van der Waals surface area contributed by atoms with Gasteiger partial charge in [0.1, 0.15) is 11.9 Å². The summed E-state index contributed by atoms with van der Waals surface area (Å²) < 4.78 is 0. The monoisotopic (exact) mass is 195 g/mol. The minimum absolute atomic E-state index is 0.415. The molecule has 0 radical (unpaired) electrons. The molecule has 4 nitrogen and oxygen atoms in total. The number of nitrogens with two attached hydrogens (primary N) is 1. The highest BCUT2D eigenvalue weighted by molar-refractivity contribution is 7.07. The summed E-state index contributed by atoms with van der Waals surface area (Å²) in [5.74, 6) is 0.415. The number of anilines is 1. The van der Waals surface area contributed by atoms with Gasteiger partial charge in [0, 0.05) is 5.56 Å². The van der Waals surface area contributed by atoms with E-state index in [1.165, 1.54) is 17.5 Å². The number of rotatable bonds is 2. The summed E-state index contributed by atoms with van der Waals surface area (Å²) in [7, 11) is 0. The Kier molecular flexibility index (Phi) is 2.03. The summed E-state index contributed by atoms with van der Waals surface area (Å²) in [5, 5.41) is 19.9. The molecule has 0 saturated carbocycles. The first-order valence-corrected chi connectivity index (χ1v) is 4.72. The summed E-state index contributed by atoms with van der Waals surface area (Å²) in [4.78, 5) is 0. The van der Waals surface area contributed by atoms with E-state index in [4.69, 9.17) is 5.73 Å². The number of aromatic amines is 1. The summed E-state index contributed by atoms with van der Waals surface area (Å²) in [6.45, 7) is 0. The molecule has 0 aliphatic carbocycles. The number of hydrogen-bond acceptors (Lipinski definition) is 4. The zero-order valence-corrected chi connectivity index (χ0v) is 7.58. The van der Waals surface area contributed by atoms with Crippen LogP contribution >= 0.6 is 11.3 Å². The zero-order valence-electron chi connectivity index (χ0n) is 6.77. The van der Waals surface area contributed by atoms with Crippen molar-refractivity contribution >= 4 is 17.2 Å². The molecular weight excluding hydrogens is 186 g/mol. The van der Waals surface area contributed by atoms with Gasteiger partial charge in [-0.05, 0) is 22.4 Å². The number of aromatic nitrogens is 2. The minimum atomic E-state index is -0.676. The molecular formula is C8H9N3OS. The molecule has 0 aromatic carbocycles. The molecule has 0 spiro atoms. The Labute approximate surface area is 79.0 Å². The van der Waals surface area contributed by atoms with Crippen molar-refractivity contribution in [2.45, 2.75) is 6.10 Å². The van der Waals surface area contributed by atoms with Crippen LogP contribution in [0.15, 0.2) is 23.0 Å². The molecule has 1 atom stereocenters. The van der Waals surface area contributed by atoms with E-state index in [1.807, 2.05) is 16.8 Å². The van der Waals surface area contributed by atoms with Crippen LogP contribution in [0.2, 0.25) is 0 Å². The van der Waals surface area contributed by atoms with Crippen LogP contribution < -0.4 is 5.73 Å². The summed E-state index contributed by atoms with van der Waals surface area (Å²) in [5.41, 5.74) is 7.04. The fourth-order valence-corrected chi connectivity index (χ4v) is 1.81. The Morgan fingerprint density at radius 2 is 2.46 bits per heavy atom. The quantitative estimate of drug-likeness (QED) is 0.672. The second-order valence-electron chi connectivity index (χ2n) is 2.70. The van der Waals surface area contributed by atoms with Crippen molar-refractivity contribution in [1.29, 1.82) is 0 Å². The molecule has 0 saturated heterocycles. The van der Waals surface area contributed by atoms with Crippen LogP contribution in [-0.4, -0.2) is 15.3 Å². The molecule has 2 aromatic heterocycles. The van der Waals surface area contributed by atoms with Crippen molar-refractivity contribution in [2.24, 2.45) is 0 Å². The van der Waals surface area contributed by atoms with E-state index in [2.05, 4.69) is 10.2 Å². The average Bonchev–Trinajstić information content (AvgIpc) is 2.72. The molecule has 0 fully saturated rings. The highest BCUT2D eigenvalue weighted by Crippen LogP contribution is 2.26. The number of nitrogens with one attached hydrogen (secondary N) is 1. The van der Waals surface area contributed by atoms with E-state index in [1.54, 1.807) is 0 Å². The first-order chi connectivity index (χ1) is 6.29. The highest BCUT2D eigenvalue weighted by Gasteiger charge is 2.14. The van der Waals surface area contributed by atoms with Crippen molar-refractivity contribution in [3.8, 4) is 0 Å². The number of nitrogen functional groups attached to an aromatic ring is 1. The van der Waals surface area contributed by atoms with Gasteiger partial charge in [0.05, 0.1) is 6.20 Å². The lowest BCUT2D eigenvalue weighted by molar-refractivity contribution is 0.221. The van der Waals surface area contributed by atoms with Gasteiger partial charge in [-0.15, -0.1) is 0 Å². The Hall–Kier alpha value is -1.33. The van der Waals surface area contributed by atoms with Crippen LogP contribution in [0.5, 0.6) is 0 Å². The molecule has 13 heavy (non-hydrogen) atoms. The van der Waals surface area contributed by atoms with Gasteiger partial charge < -0.3 is 10.8 Å². The van der Waals surface area contributed by atoms with E-state index in [9.17, 15) is 5.11 Å². The summed E-state index contributed by atoms with van der Waals surface area (Å²) in [6, 6.07) is 1.86. The number of H-pyrrole nitrogens is 1. The standard InChI is InChI=1S/C8H9N3OS/c9-8-6(3-10-11-8)7(12)5-1-2-13-4-5/h1-4,7,12H,(H3,9,10,11). The van der Waals surface area contributed by atoms with E-state index in [0.29, 0.717) is 11.4 Å². The van der Waals surface area contributed by atoms with Crippen LogP contribution in [0.3, 0.4) is 0 Å². The number of thiophene rings is 1. The zero-order chi connectivity index (χ0) is 9.26.